The highest BCUT2D eigenvalue weighted by molar-refractivity contribution is 5.30. The van der Waals surface area contributed by atoms with Gasteiger partial charge in [-0.05, 0) is 13.3 Å². The summed E-state index contributed by atoms with van der Waals surface area (Å²) in [4.78, 5) is 2.08. The number of methoxy groups -OCH3 is 1. The summed E-state index contributed by atoms with van der Waals surface area (Å²) in [7, 11) is 1.65. The predicted octanol–water partition coefficient (Wildman–Crippen LogP) is 3.45. The molecule has 0 amide bonds. The van der Waals surface area contributed by atoms with Crippen LogP contribution in [0.15, 0.2) is 24.4 Å². The van der Waals surface area contributed by atoms with E-state index in [1.807, 2.05) is 0 Å². The molecule has 1 N–H and O–H groups in total. The minimum Gasteiger partial charge on any atom is -0.382 e. The molecule has 1 fully saturated rings. The Kier molecular flexibility index (Phi) is 6.59. The van der Waals surface area contributed by atoms with E-state index < -0.39 is 6.10 Å². The minimum absolute atomic E-state index is 0.229. The molecule has 3 heteroatoms. The summed E-state index contributed by atoms with van der Waals surface area (Å²) in [6.45, 7) is 12.3. The largest absolute Gasteiger partial charge is 0.382 e. The Morgan fingerprint density at radius 3 is 2.47 bits per heavy atom. The summed E-state index contributed by atoms with van der Waals surface area (Å²) < 4.78 is 5.45. The number of ether oxygens (including phenoxy) is 1. The van der Waals surface area contributed by atoms with Crippen molar-refractivity contribution in [1.82, 2.24) is 4.90 Å². The number of nitrogens with zero attached hydrogens (tertiary/aromatic N) is 1. The smallest absolute Gasteiger partial charge is 0.154 e. The number of rotatable bonds is 8. The van der Waals surface area contributed by atoms with Gasteiger partial charge in [0.05, 0.1) is 0 Å². The Balaban J connectivity index is 2.48. The van der Waals surface area contributed by atoms with Crippen LogP contribution in [0.5, 0.6) is 0 Å². The maximum absolute atomic E-state index is 10.0. The highest BCUT2D eigenvalue weighted by atomic mass is 16.5. The highest BCUT2D eigenvalue weighted by Crippen LogP contribution is 2.34. The Labute approximate surface area is 117 Å². The van der Waals surface area contributed by atoms with Gasteiger partial charge in [0.1, 0.15) is 6.10 Å². The fourth-order valence-corrected chi connectivity index (χ4v) is 2.78. The Morgan fingerprint density at radius 2 is 1.89 bits per heavy atom. The molecule has 0 radical (unpaired) electrons. The summed E-state index contributed by atoms with van der Waals surface area (Å²) in [6.07, 6.45) is 6.61. The van der Waals surface area contributed by atoms with Crippen LogP contribution in [0, 0.1) is 0 Å². The van der Waals surface area contributed by atoms with Crippen molar-refractivity contribution >= 4 is 0 Å². The van der Waals surface area contributed by atoms with E-state index in [2.05, 4.69) is 31.9 Å². The average Bonchev–Trinajstić information content (AvgIpc) is 2.62. The van der Waals surface area contributed by atoms with Crippen molar-refractivity contribution in [3.63, 3.8) is 0 Å². The molecule has 0 bridgehead atoms. The van der Waals surface area contributed by atoms with Crippen molar-refractivity contribution in [2.75, 3.05) is 7.11 Å². The second-order valence-corrected chi connectivity index (χ2v) is 5.52. The zero-order valence-corrected chi connectivity index (χ0v) is 12.7. The SMILES string of the molecule is C=C1[C@H](O)C(=C)N(C(C)CCCCCCC)[C@@H]1OC. The number of aliphatic hydroxyl groups excluding tert-OH is 1. The summed E-state index contributed by atoms with van der Waals surface area (Å²) in [6, 6.07) is 0.327. The third-order valence-corrected chi connectivity index (χ3v) is 3.99. The quantitative estimate of drug-likeness (QED) is 0.540. The van der Waals surface area contributed by atoms with Crippen LogP contribution in [0.1, 0.15) is 52.4 Å². The molecule has 1 saturated heterocycles. The van der Waals surface area contributed by atoms with E-state index in [1.165, 1.54) is 32.1 Å². The first-order chi connectivity index (χ1) is 9.04. The zero-order valence-electron chi connectivity index (χ0n) is 12.7. The first-order valence-corrected chi connectivity index (χ1v) is 7.41. The lowest BCUT2D eigenvalue weighted by atomic mass is 10.1. The number of unbranched alkanes of at least 4 members (excludes halogenated alkanes) is 4. The van der Waals surface area contributed by atoms with E-state index in [0.717, 1.165) is 12.1 Å². The summed E-state index contributed by atoms with van der Waals surface area (Å²) in [5.74, 6) is 0. The van der Waals surface area contributed by atoms with Gasteiger partial charge < -0.3 is 14.7 Å². The molecule has 0 saturated carbocycles. The minimum atomic E-state index is -0.660. The second kappa shape index (κ2) is 7.71. The lowest BCUT2D eigenvalue weighted by molar-refractivity contribution is 0.0103. The van der Waals surface area contributed by atoms with Crippen molar-refractivity contribution in [1.29, 1.82) is 0 Å². The van der Waals surface area contributed by atoms with Gasteiger partial charge in [0.15, 0.2) is 6.23 Å². The van der Waals surface area contributed by atoms with Crippen LogP contribution in [-0.2, 0) is 4.74 Å². The number of hydrogen-bond donors (Lipinski definition) is 1. The molecule has 1 unspecified atom stereocenters. The lowest BCUT2D eigenvalue weighted by Crippen LogP contribution is -2.37. The highest BCUT2D eigenvalue weighted by Gasteiger charge is 2.39. The van der Waals surface area contributed by atoms with E-state index >= 15 is 0 Å². The van der Waals surface area contributed by atoms with Gasteiger partial charge in [-0.2, -0.15) is 0 Å². The Bertz CT molecular complexity index is 314. The van der Waals surface area contributed by atoms with Crippen LogP contribution in [-0.4, -0.2) is 35.5 Å². The molecular weight excluding hydrogens is 238 g/mol. The van der Waals surface area contributed by atoms with E-state index in [4.69, 9.17) is 4.74 Å². The summed E-state index contributed by atoms with van der Waals surface area (Å²) in [5.41, 5.74) is 1.42. The van der Waals surface area contributed by atoms with Crippen LogP contribution >= 0.6 is 0 Å². The van der Waals surface area contributed by atoms with Crippen molar-refractivity contribution in [2.45, 2.75) is 70.7 Å². The summed E-state index contributed by atoms with van der Waals surface area (Å²) >= 11 is 0. The number of likely N-dealkylation sites (tertiary alicyclic amines) is 1. The van der Waals surface area contributed by atoms with Gasteiger partial charge >= 0.3 is 0 Å². The molecule has 3 atom stereocenters. The normalized spacial score (nSPS) is 25.2. The predicted molar refractivity (Wildman–Crippen MR) is 79.8 cm³/mol. The van der Waals surface area contributed by atoms with Crippen LogP contribution in [0.25, 0.3) is 0 Å². The molecule has 1 aliphatic rings. The van der Waals surface area contributed by atoms with Gasteiger partial charge in [0, 0.05) is 24.4 Å². The lowest BCUT2D eigenvalue weighted by Gasteiger charge is -2.32. The molecule has 3 nitrogen and oxygen atoms in total. The Hall–Kier alpha value is -0.800. The van der Waals surface area contributed by atoms with Crippen molar-refractivity contribution in [3.05, 3.63) is 24.4 Å². The summed E-state index contributed by atoms with van der Waals surface area (Å²) in [5, 5.41) is 10.0. The standard InChI is InChI=1S/C16H29NO2/c1-6-7-8-9-10-11-12(2)17-14(4)15(18)13(3)16(17)19-5/h12,15-16,18H,3-4,6-11H2,1-2,5H3/t12?,15-,16+/m0/s1. The third-order valence-electron chi connectivity index (χ3n) is 3.99. The van der Waals surface area contributed by atoms with Crippen LogP contribution in [0.2, 0.25) is 0 Å². The maximum atomic E-state index is 10.0. The fraction of sp³-hybridized carbons (Fsp3) is 0.750. The van der Waals surface area contributed by atoms with Crippen molar-refractivity contribution in [3.8, 4) is 0 Å². The van der Waals surface area contributed by atoms with E-state index in [9.17, 15) is 5.11 Å². The number of hydrogen-bond acceptors (Lipinski definition) is 3. The van der Waals surface area contributed by atoms with E-state index in [0.29, 0.717) is 11.6 Å². The molecule has 1 rings (SSSR count). The van der Waals surface area contributed by atoms with Gasteiger partial charge in [-0.25, -0.2) is 0 Å². The van der Waals surface area contributed by atoms with Crippen LogP contribution in [0.4, 0.5) is 0 Å². The number of aliphatic hydroxyl groups is 1. The fourth-order valence-electron chi connectivity index (χ4n) is 2.78. The topological polar surface area (TPSA) is 32.7 Å². The second-order valence-electron chi connectivity index (χ2n) is 5.52. The zero-order chi connectivity index (χ0) is 14.4. The molecule has 1 aliphatic heterocycles. The molecular formula is C16H29NO2. The van der Waals surface area contributed by atoms with Crippen molar-refractivity contribution in [2.24, 2.45) is 0 Å². The molecule has 110 valence electrons. The van der Waals surface area contributed by atoms with Gasteiger partial charge in [-0.1, -0.05) is 52.2 Å². The first-order valence-electron chi connectivity index (χ1n) is 7.41. The molecule has 19 heavy (non-hydrogen) atoms. The van der Waals surface area contributed by atoms with Gasteiger partial charge in [0.25, 0.3) is 0 Å². The monoisotopic (exact) mass is 267 g/mol. The maximum Gasteiger partial charge on any atom is 0.154 e. The molecule has 1 heterocycles. The molecule has 0 spiro atoms. The molecule has 0 aromatic rings. The molecule has 0 aliphatic carbocycles. The molecule has 0 aromatic carbocycles. The van der Waals surface area contributed by atoms with Gasteiger partial charge in [-0.15, -0.1) is 0 Å². The van der Waals surface area contributed by atoms with Crippen molar-refractivity contribution < 1.29 is 9.84 Å². The van der Waals surface area contributed by atoms with E-state index in [1.54, 1.807) is 7.11 Å². The third kappa shape index (κ3) is 3.83. The van der Waals surface area contributed by atoms with Crippen LogP contribution < -0.4 is 0 Å². The molecule has 0 aromatic heterocycles. The Morgan fingerprint density at radius 1 is 1.26 bits per heavy atom. The van der Waals surface area contributed by atoms with Crippen LogP contribution in [0.3, 0.4) is 0 Å². The van der Waals surface area contributed by atoms with Gasteiger partial charge in [-0.3, -0.25) is 0 Å². The van der Waals surface area contributed by atoms with E-state index in [-0.39, 0.29) is 6.23 Å². The van der Waals surface area contributed by atoms with Gasteiger partial charge in [0.2, 0.25) is 0 Å². The average molecular weight is 267 g/mol. The first kappa shape index (κ1) is 16.3.